The summed E-state index contributed by atoms with van der Waals surface area (Å²) in [7, 11) is 1.34. The maximum absolute atomic E-state index is 13.3. The molecule has 0 saturated heterocycles. The van der Waals surface area contributed by atoms with Gasteiger partial charge in [-0.25, -0.2) is 9.79 Å². The molecule has 0 saturated carbocycles. The smallest absolute Gasteiger partial charge is 0.338 e. The molecule has 1 aliphatic heterocycles. The molecule has 0 spiro atoms. The maximum atomic E-state index is 13.3. The Morgan fingerprint density at radius 2 is 1.96 bits per heavy atom. The fraction of sp³-hybridized carbons (Fsp3) is 0.190. The topological polar surface area (TPSA) is 60.7 Å². The van der Waals surface area contributed by atoms with Crippen LogP contribution in [0.3, 0.4) is 0 Å². The molecule has 4 rings (SSSR count). The summed E-state index contributed by atoms with van der Waals surface area (Å²) >= 11 is 2.84. The summed E-state index contributed by atoms with van der Waals surface area (Å²) in [6.07, 6.45) is 1.87. The van der Waals surface area contributed by atoms with Gasteiger partial charge in [-0.05, 0) is 36.9 Å². The molecule has 0 radical (unpaired) electrons. The number of esters is 1. The van der Waals surface area contributed by atoms with Gasteiger partial charge in [0.25, 0.3) is 5.56 Å². The number of fused-ring (bicyclic) bond motifs is 1. The van der Waals surface area contributed by atoms with E-state index in [-0.39, 0.29) is 5.56 Å². The van der Waals surface area contributed by atoms with Gasteiger partial charge >= 0.3 is 5.97 Å². The van der Waals surface area contributed by atoms with Crippen LogP contribution in [0, 0.1) is 6.92 Å². The van der Waals surface area contributed by atoms with Crippen molar-refractivity contribution < 1.29 is 9.53 Å². The van der Waals surface area contributed by atoms with Gasteiger partial charge < -0.3 is 4.74 Å². The van der Waals surface area contributed by atoms with Crippen LogP contribution in [0.15, 0.2) is 62.8 Å². The molecule has 1 aliphatic rings. The molecule has 3 aromatic rings. The highest BCUT2D eigenvalue weighted by molar-refractivity contribution is 7.10. The Morgan fingerprint density at radius 1 is 1.21 bits per heavy atom. The zero-order valence-electron chi connectivity index (χ0n) is 15.6. The number of nitrogens with zero attached hydrogens (tertiary/aromatic N) is 2. The summed E-state index contributed by atoms with van der Waals surface area (Å²) in [6.45, 7) is 3.81. The highest BCUT2D eigenvalue weighted by Crippen LogP contribution is 2.32. The molecule has 0 fully saturated rings. The lowest BCUT2D eigenvalue weighted by Gasteiger charge is -2.22. The Bertz CT molecular complexity index is 1250. The van der Waals surface area contributed by atoms with E-state index in [4.69, 9.17) is 4.74 Å². The summed E-state index contributed by atoms with van der Waals surface area (Å²) in [4.78, 5) is 31.8. The van der Waals surface area contributed by atoms with E-state index in [1.807, 2.05) is 54.8 Å². The van der Waals surface area contributed by atoms with Crippen molar-refractivity contribution in [2.75, 3.05) is 7.11 Å². The number of allylic oxidation sites excluding steroid dienone is 1. The Balaban J connectivity index is 1.96. The highest BCUT2D eigenvalue weighted by Gasteiger charge is 2.33. The van der Waals surface area contributed by atoms with Crippen LogP contribution in [-0.4, -0.2) is 17.6 Å². The van der Waals surface area contributed by atoms with Gasteiger partial charge in [-0.15, -0.1) is 11.3 Å². The lowest BCUT2D eigenvalue weighted by atomic mass is 10.0. The molecule has 2 aromatic heterocycles. The van der Waals surface area contributed by atoms with Gasteiger partial charge in [-0.3, -0.25) is 9.36 Å². The van der Waals surface area contributed by atoms with Gasteiger partial charge in [0.05, 0.1) is 22.9 Å². The van der Waals surface area contributed by atoms with Gasteiger partial charge in [0.2, 0.25) is 0 Å². The summed E-state index contributed by atoms with van der Waals surface area (Å²) in [5, 5.41) is 1.93. The van der Waals surface area contributed by atoms with Crippen molar-refractivity contribution in [1.29, 1.82) is 0 Å². The van der Waals surface area contributed by atoms with Crippen LogP contribution in [0.25, 0.3) is 6.08 Å². The van der Waals surface area contributed by atoms with E-state index in [0.29, 0.717) is 20.6 Å². The molecule has 1 atom stereocenters. The number of ether oxygens (including phenoxy) is 1. The summed E-state index contributed by atoms with van der Waals surface area (Å²) in [6, 6.07) is 11.3. The first kappa shape index (κ1) is 18.6. The molecule has 0 aliphatic carbocycles. The third-order valence-corrected chi connectivity index (χ3v) is 6.52. The van der Waals surface area contributed by atoms with E-state index in [2.05, 4.69) is 4.99 Å². The number of hydrogen-bond acceptors (Lipinski definition) is 6. The number of carbonyl (C=O) groups is 1. The zero-order chi connectivity index (χ0) is 19.8. The normalized spacial score (nSPS) is 16.7. The number of carbonyl (C=O) groups excluding carboxylic acids is 1. The largest absolute Gasteiger partial charge is 0.466 e. The van der Waals surface area contributed by atoms with Crippen molar-refractivity contribution in [3.05, 3.63) is 88.7 Å². The Labute approximate surface area is 169 Å². The molecular formula is C21H18N2O3S2. The molecule has 0 unspecified atom stereocenters. The molecule has 5 nitrogen and oxygen atoms in total. The highest BCUT2D eigenvalue weighted by atomic mass is 32.1. The number of rotatable bonds is 3. The molecule has 142 valence electrons. The SMILES string of the molecule is COC(=O)C1=C(C)N=c2sc(=Cc3ccc(C)cc3)c(=O)n2[C@@H]1c1cccs1. The summed E-state index contributed by atoms with van der Waals surface area (Å²) < 4.78 is 7.18. The van der Waals surface area contributed by atoms with Crippen LogP contribution in [-0.2, 0) is 9.53 Å². The first-order chi connectivity index (χ1) is 13.5. The molecular weight excluding hydrogens is 392 g/mol. The van der Waals surface area contributed by atoms with E-state index < -0.39 is 12.0 Å². The molecule has 0 amide bonds. The lowest BCUT2D eigenvalue weighted by molar-refractivity contribution is -0.136. The van der Waals surface area contributed by atoms with Crippen molar-refractivity contribution in [3.8, 4) is 0 Å². The molecule has 0 N–H and O–H groups in total. The minimum absolute atomic E-state index is 0.156. The minimum atomic E-state index is -0.524. The number of aryl methyl sites for hydroxylation is 1. The van der Waals surface area contributed by atoms with Crippen LogP contribution in [0.1, 0.15) is 29.0 Å². The summed E-state index contributed by atoms with van der Waals surface area (Å²) in [5.41, 5.74) is 2.94. The van der Waals surface area contributed by atoms with Crippen molar-refractivity contribution in [1.82, 2.24) is 4.57 Å². The van der Waals surface area contributed by atoms with Crippen LogP contribution < -0.4 is 14.9 Å². The third-order valence-electron chi connectivity index (χ3n) is 4.61. The summed E-state index contributed by atoms with van der Waals surface area (Å²) in [5.74, 6) is -0.465. The number of hydrogen-bond donors (Lipinski definition) is 0. The second-order valence-corrected chi connectivity index (χ2v) is 8.49. The average Bonchev–Trinajstić information content (AvgIpc) is 3.31. The molecule has 0 bridgehead atoms. The first-order valence-corrected chi connectivity index (χ1v) is 10.4. The van der Waals surface area contributed by atoms with Crippen LogP contribution in [0.2, 0.25) is 0 Å². The molecule has 3 heterocycles. The Morgan fingerprint density at radius 3 is 2.61 bits per heavy atom. The number of aromatic nitrogens is 1. The van der Waals surface area contributed by atoms with Gasteiger partial charge in [-0.1, -0.05) is 47.2 Å². The molecule has 28 heavy (non-hydrogen) atoms. The van der Waals surface area contributed by atoms with E-state index in [0.717, 1.165) is 16.0 Å². The van der Waals surface area contributed by atoms with E-state index in [9.17, 15) is 9.59 Å². The molecule has 7 heteroatoms. The Kier molecular flexibility index (Phi) is 4.87. The Hall–Kier alpha value is -2.77. The van der Waals surface area contributed by atoms with E-state index in [1.165, 1.54) is 29.8 Å². The van der Waals surface area contributed by atoms with Gasteiger partial charge in [-0.2, -0.15) is 0 Å². The van der Waals surface area contributed by atoms with Gasteiger partial charge in [0.1, 0.15) is 6.04 Å². The zero-order valence-corrected chi connectivity index (χ0v) is 17.3. The lowest BCUT2D eigenvalue weighted by Crippen LogP contribution is -2.39. The van der Waals surface area contributed by atoms with Gasteiger partial charge in [0.15, 0.2) is 4.80 Å². The fourth-order valence-corrected chi connectivity index (χ4v) is 5.09. The minimum Gasteiger partial charge on any atom is -0.466 e. The van der Waals surface area contributed by atoms with Crippen LogP contribution in [0.5, 0.6) is 0 Å². The van der Waals surface area contributed by atoms with Crippen LogP contribution >= 0.6 is 22.7 Å². The van der Waals surface area contributed by atoms with Crippen molar-refractivity contribution in [3.63, 3.8) is 0 Å². The average molecular weight is 411 g/mol. The predicted molar refractivity (Wildman–Crippen MR) is 111 cm³/mol. The van der Waals surface area contributed by atoms with Crippen LogP contribution in [0.4, 0.5) is 0 Å². The maximum Gasteiger partial charge on any atom is 0.338 e. The number of thiazole rings is 1. The number of thiophene rings is 1. The second kappa shape index (κ2) is 7.33. The van der Waals surface area contributed by atoms with Crippen molar-refractivity contribution >= 4 is 34.7 Å². The van der Waals surface area contributed by atoms with E-state index >= 15 is 0 Å². The van der Waals surface area contributed by atoms with Crippen molar-refractivity contribution in [2.24, 2.45) is 4.99 Å². The van der Waals surface area contributed by atoms with Gasteiger partial charge in [0, 0.05) is 4.88 Å². The predicted octanol–water partition coefficient (Wildman–Crippen LogP) is 2.78. The van der Waals surface area contributed by atoms with Crippen molar-refractivity contribution in [2.45, 2.75) is 19.9 Å². The quantitative estimate of drug-likeness (QED) is 0.624. The van der Waals surface area contributed by atoms with E-state index in [1.54, 1.807) is 11.5 Å². The third kappa shape index (κ3) is 3.16. The standard InChI is InChI=1S/C21H18N2O3S2/c1-12-6-8-14(9-7-12)11-16-19(24)23-18(15-5-4-10-27-15)17(20(25)26-3)13(2)22-21(23)28-16/h4-11,18H,1-3H3/t18-/m1/s1. The second-order valence-electron chi connectivity index (χ2n) is 6.50. The number of methoxy groups -OCH3 is 1. The monoisotopic (exact) mass is 410 g/mol. The number of benzene rings is 1. The molecule has 1 aromatic carbocycles. The fourth-order valence-electron chi connectivity index (χ4n) is 3.22. The first-order valence-electron chi connectivity index (χ1n) is 8.70.